The number of piperazine rings is 1. The van der Waals surface area contributed by atoms with Gasteiger partial charge in [-0.1, -0.05) is 0 Å². The van der Waals surface area contributed by atoms with Crippen LogP contribution in [0, 0.1) is 5.82 Å². The third kappa shape index (κ3) is 4.58. The van der Waals surface area contributed by atoms with Gasteiger partial charge in [0.1, 0.15) is 11.6 Å². The van der Waals surface area contributed by atoms with Crippen molar-refractivity contribution < 1.29 is 22.0 Å². The summed E-state index contributed by atoms with van der Waals surface area (Å²) in [7, 11) is -2.57. The summed E-state index contributed by atoms with van der Waals surface area (Å²) in [6.07, 6.45) is 2.83. The molecule has 0 unspecified atom stereocenters. The minimum Gasteiger partial charge on any atom is -0.495 e. The van der Waals surface area contributed by atoms with Crippen LogP contribution in [0.25, 0.3) is 11.1 Å². The van der Waals surface area contributed by atoms with E-state index in [1.807, 2.05) is 6.07 Å². The summed E-state index contributed by atoms with van der Waals surface area (Å²) in [5.74, 6) is -0.275. The van der Waals surface area contributed by atoms with Gasteiger partial charge in [0.05, 0.1) is 30.2 Å². The van der Waals surface area contributed by atoms with E-state index in [2.05, 4.69) is 28.8 Å². The molecule has 32 heavy (non-hydrogen) atoms. The van der Waals surface area contributed by atoms with Gasteiger partial charge in [-0.25, -0.2) is 12.8 Å². The molecule has 1 aliphatic rings. The van der Waals surface area contributed by atoms with Crippen molar-refractivity contribution in [3.05, 3.63) is 60.8 Å². The Hall–Kier alpha value is -3.04. The van der Waals surface area contributed by atoms with Crippen molar-refractivity contribution >= 4 is 21.4 Å². The van der Waals surface area contributed by atoms with Gasteiger partial charge in [-0.15, -0.1) is 0 Å². The van der Waals surface area contributed by atoms with Crippen LogP contribution in [0.4, 0.5) is 15.8 Å². The maximum absolute atomic E-state index is 14.6. The first-order valence-electron chi connectivity index (χ1n) is 10.3. The Morgan fingerprint density at radius 1 is 1.12 bits per heavy atom. The monoisotopic (exact) mass is 459 g/mol. The molecule has 0 saturated carbocycles. The maximum Gasteiger partial charge on any atom is 0.262 e. The maximum atomic E-state index is 14.6. The molecular weight excluding hydrogens is 433 g/mol. The molecule has 1 aromatic heterocycles. The van der Waals surface area contributed by atoms with Gasteiger partial charge in [-0.2, -0.15) is 0 Å². The zero-order chi connectivity index (χ0) is 22.9. The van der Waals surface area contributed by atoms with E-state index >= 15 is 0 Å². The topological polar surface area (TPSA) is 83.8 Å². The van der Waals surface area contributed by atoms with Crippen LogP contribution in [0.15, 0.2) is 64.3 Å². The van der Waals surface area contributed by atoms with E-state index in [1.54, 1.807) is 18.2 Å². The molecular formula is C23H26FN3O4S. The number of nitrogens with zero attached hydrogens (tertiary/aromatic N) is 1. The Morgan fingerprint density at radius 3 is 2.50 bits per heavy atom. The van der Waals surface area contributed by atoms with Crippen LogP contribution in [0.1, 0.15) is 13.8 Å². The van der Waals surface area contributed by atoms with E-state index in [0.717, 1.165) is 24.8 Å². The molecule has 0 spiro atoms. The van der Waals surface area contributed by atoms with Crippen molar-refractivity contribution in [1.29, 1.82) is 0 Å². The highest BCUT2D eigenvalue weighted by Crippen LogP contribution is 2.33. The molecule has 2 heterocycles. The summed E-state index contributed by atoms with van der Waals surface area (Å²) in [6.45, 7) is 5.81. The van der Waals surface area contributed by atoms with Gasteiger partial charge in [-0.3, -0.25) is 4.72 Å². The lowest BCUT2D eigenvalue weighted by molar-refractivity contribution is 0.406. The van der Waals surface area contributed by atoms with Crippen molar-refractivity contribution in [1.82, 2.24) is 5.32 Å². The lowest BCUT2D eigenvalue weighted by Gasteiger charge is -2.38. The molecule has 0 bridgehead atoms. The molecule has 0 aliphatic carbocycles. The lowest BCUT2D eigenvalue weighted by Crippen LogP contribution is -2.54. The number of ether oxygens (including phenoxy) is 1. The van der Waals surface area contributed by atoms with Crippen LogP contribution in [0.2, 0.25) is 0 Å². The summed E-state index contributed by atoms with van der Waals surface area (Å²) in [5.41, 5.74) is 1.97. The van der Waals surface area contributed by atoms with Crippen molar-refractivity contribution in [2.45, 2.75) is 30.8 Å². The second-order valence-corrected chi connectivity index (χ2v) is 9.70. The van der Waals surface area contributed by atoms with Crippen LogP contribution >= 0.6 is 0 Å². The standard InChI is InChI=1S/C23H26FN3O4S/c1-15-12-27(13-16(2)25-15)18-4-7-23(30-3)22(10-18)26-32(28,29)19-5-6-20(21(24)11-19)17-8-9-31-14-17/h4-11,14-16,25-26H,12-13H2,1-3H3/t15-,16+. The summed E-state index contributed by atoms with van der Waals surface area (Å²) in [4.78, 5) is 2.02. The van der Waals surface area contributed by atoms with Crippen molar-refractivity contribution in [2.75, 3.05) is 29.8 Å². The lowest BCUT2D eigenvalue weighted by atomic mass is 10.1. The predicted octanol–water partition coefficient (Wildman–Crippen LogP) is 4.08. The van der Waals surface area contributed by atoms with Gasteiger partial charge in [0.25, 0.3) is 10.0 Å². The quantitative estimate of drug-likeness (QED) is 0.578. The average Bonchev–Trinajstić information content (AvgIpc) is 3.27. The van der Waals surface area contributed by atoms with Crippen LogP contribution in [-0.4, -0.2) is 40.7 Å². The first-order chi connectivity index (χ1) is 15.3. The summed E-state index contributed by atoms with van der Waals surface area (Å²) >= 11 is 0. The Labute approximate surface area is 187 Å². The van der Waals surface area contributed by atoms with Gasteiger partial charge < -0.3 is 19.4 Å². The molecule has 2 N–H and O–H groups in total. The fourth-order valence-corrected chi connectivity index (χ4v) is 5.10. The number of benzene rings is 2. The number of anilines is 2. The number of hydrogen-bond acceptors (Lipinski definition) is 6. The largest absolute Gasteiger partial charge is 0.495 e. The van der Waals surface area contributed by atoms with Gasteiger partial charge in [-0.05, 0) is 56.3 Å². The van der Waals surface area contributed by atoms with Crippen LogP contribution in [-0.2, 0) is 10.0 Å². The molecule has 2 aromatic carbocycles. The molecule has 7 nitrogen and oxygen atoms in total. The molecule has 4 rings (SSSR count). The predicted molar refractivity (Wildman–Crippen MR) is 122 cm³/mol. The minimum atomic E-state index is -4.05. The normalized spacial score (nSPS) is 19.1. The van der Waals surface area contributed by atoms with Gasteiger partial charge in [0, 0.05) is 42.0 Å². The van der Waals surface area contributed by atoms with Crippen LogP contribution in [0.3, 0.4) is 0 Å². The average molecular weight is 460 g/mol. The summed E-state index contributed by atoms with van der Waals surface area (Å²) in [5, 5.41) is 3.48. The van der Waals surface area contributed by atoms with E-state index in [-0.39, 0.29) is 10.5 Å². The highest BCUT2D eigenvalue weighted by Gasteiger charge is 2.24. The zero-order valence-corrected chi connectivity index (χ0v) is 18.9. The zero-order valence-electron chi connectivity index (χ0n) is 18.1. The third-order valence-electron chi connectivity index (χ3n) is 5.43. The van der Waals surface area contributed by atoms with Crippen LogP contribution < -0.4 is 19.7 Å². The van der Waals surface area contributed by atoms with Crippen molar-refractivity contribution in [3.8, 4) is 16.9 Å². The summed E-state index contributed by atoms with van der Waals surface area (Å²) in [6, 6.07) is 11.4. The number of rotatable bonds is 6. The van der Waals surface area contributed by atoms with Gasteiger partial charge in [0.15, 0.2) is 0 Å². The van der Waals surface area contributed by atoms with Crippen molar-refractivity contribution in [3.63, 3.8) is 0 Å². The highest BCUT2D eigenvalue weighted by molar-refractivity contribution is 7.92. The van der Waals surface area contributed by atoms with Crippen molar-refractivity contribution in [2.24, 2.45) is 0 Å². The Bertz CT molecular complexity index is 1190. The molecule has 9 heteroatoms. The molecule has 2 atom stereocenters. The Morgan fingerprint density at radius 2 is 1.88 bits per heavy atom. The molecule has 1 fully saturated rings. The number of nitrogens with one attached hydrogen (secondary N) is 2. The van der Waals surface area contributed by atoms with E-state index < -0.39 is 15.8 Å². The molecule has 1 saturated heterocycles. The smallest absolute Gasteiger partial charge is 0.262 e. The highest BCUT2D eigenvalue weighted by atomic mass is 32.2. The number of hydrogen-bond donors (Lipinski definition) is 2. The summed E-state index contributed by atoms with van der Waals surface area (Å²) < 4.78 is 53.6. The molecule has 170 valence electrons. The van der Waals surface area contributed by atoms with E-state index in [0.29, 0.717) is 29.1 Å². The number of sulfonamides is 1. The number of methoxy groups -OCH3 is 1. The Kier molecular flexibility index (Phi) is 6.12. The number of halogens is 1. The SMILES string of the molecule is COc1ccc(N2C[C@@H](C)N[C@@H](C)C2)cc1NS(=O)(=O)c1ccc(-c2ccoc2)c(F)c1. The molecule has 3 aromatic rings. The van der Waals surface area contributed by atoms with Gasteiger partial charge >= 0.3 is 0 Å². The third-order valence-corrected chi connectivity index (χ3v) is 6.80. The second kappa shape index (κ2) is 8.84. The second-order valence-electron chi connectivity index (χ2n) is 8.02. The number of furan rings is 1. The van der Waals surface area contributed by atoms with E-state index in [9.17, 15) is 12.8 Å². The first-order valence-corrected chi connectivity index (χ1v) is 11.8. The van der Waals surface area contributed by atoms with Crippen LogP contribution in [0.5, 0.6) is 5.75 Å². The molecule has 0 amide bonds. The van der Waals surface area contributed by atoms with E-state index in [4.69, 9.17) is 9.15 Å². The molecule has 1 aliphatic heterocycles. The fourth-order valence-electron chi connectivity index (χ4n) is 4.03. The van der Waals surface area contributed by atoms with E-state index in [1.165, 1.54) is 31.8 Å². The minimum absolute atomic E-state index is 0.181. The fraction of sp³-hybridized carbons (Fsp3) is 0.304. The Balaban J connectivity index is 1.63. The first kappa shape index (κ1) is 22.2. The molecule has 0 radical (unpaired) electrons. The van der Waals surface area contributed by atoms with Gasteiger partial charge in [0.2, 0.25) is 0 Å².